The molecule has 1 aromatic heterocycles. The number of carbonyl (C=O) groups excluding carboxylic acids is 1. The number of anilines is 1. The number of sulfonamides is 1. The fraction of sp³-hybridized carbons (Fsp3) is 0.158. The number of nitrogens with zero attached hydrogens (tertiary/aromatic N) is 2. The minimum atomic E-state index is -3.61. The summed E-state index contributed by atoms with van der Waals surface area (Å²) < 4.78 is 26.6. The molecule has 2 aromatic carbocycles. The molecule has 0 aliphatic rings. The van der Waals surface area contributed by atoms with Crippen LogP contribution < -0.4 is 5.32 Å². The Bertz CT molecular complexity index is 1120. The first-order chi connectivity index (χ1) is 13.2. The van der Waals surface area contributed by atoms with Crippen molar-refractivity contribution >= 4 is 48.3 Å². The Kier molecular flexibility index (Phi) is 5.99. The Labute approximate surface area is 176 Å². The van der Waals surface area contributed by atoms with Crippen LogP contribution in [0.2, 0.25) is 0 Å². The molecular formula is C19H18BrN3O3S2. The van der Waals surface area contributed by atoms with E-state index in [-0.39, 0.29) is 10.5 Å². The average Bonchev–Trinajstić information content (AvgIpc) is 3.02. The standard InChI is InChI=1S/C19H18BrN3O3S2/c1-12-17(13-7-9-15(20)10-8-13)21-19(27-12)22-18(24)14-5-4-6-16(11-14)28(25,26)23(2)3/h4-11H,1-3H3,(H,21,22,24). The van der Waals surface area contributed by atoms with Gasteiger partial charge in [0.15, 0.2) is 5.13 Å². The van der Waals surface area contributed by atoms with Gasteiger partial charge in [0.2, 0.25) is 10.0 Å². The van der Waals surface area contributed by atoms with Crippen molar-refractivity contribution in [2.75, 3.05) is 19.4 Å². The maximum atomic E-state index is 12.6. The molecular weight excluding hydrogens is 462 g/mol. The highest BCUT2D eigenvalue weighted by molar-refractivity contribution is 9.10. The normalized spacial score (nSPS) is 11.6. The van der Waals surface area contributed by atoms with E-state index in [1.54, 1.807) is 12.1 Å². The highest BCUT2D eigenvalue weighted by Crippen LogP contribution is 2.31. The van der Waals surface area contributed by atoms with Crippen molar-refractivity contribution in [2.24, 2.45) is 0 Å². The van der Waals surface area contributed by atoms with Crippen LogP contribution in [0.1, 0.15) is 15.2 Å². The predicted octanol–water partition coefficient (Wildman–Crippen LogP) is 4.38. The summed E-state index contributed by atoms with van der Waals surface area (Å²) in [5, 5.41) is 3.22. The Balaban J connectivity index is 1.84. The number of aromatic nitrogens is 1. The first-order valence-electron chi connectivity index (χ1n) is 8.26. The maximum absolute atomic E-state index is 12.6. The molecule has 0 fully saturated rings. The van der Waals surface area contributed by atoms with Gasteiger partial charge >= 0.3 is 0 Å². The van der Waals surface area contributed by atoms with Gasteiger partial charge in [0.05, 0.1) is 10.6 Å². The molecule has 1 amide bonds. The lowest BCUT2D eigenvalue weighted by Gasteiger charge is -2.12. The summed E-state index contributed by atoms with van der Waals surface area (Å²) in [5.74, 6) is -0.410. The molecule has 0 unspecified atom stereocenters. The van der Waals surface area contributed by atoms with Crippen molar-refractivity contribution in [1.82, 2.24) is 9.29 Å². The lowest BCUT2D eigenvalue weighted by atomic mass is 10.1. The summed E-state index contributed by atoms with van der Waals surface area (Å²) >= 11 is 4.78. The number of hydrogen-bond acceptors (Lipinski definition) is 5. The van der Waals surface area contributed by atoms with Gasteiger partial charge < -0.3 is 0 Å². The number of hydrogen-bond donors (Lipinski definition) is 1. The van der Waals surface area contributed by atoms with E-state index >= 15 is 0 Å². The third kappa shape index (κ3) is 4.33. The Hall–Kier alpha value is -2.07. The van der Waals surface area contributed by atoms with Crippen LogP contribution in [0, 0.1) is 6.92 Å². The minimum absolute atomic E-state index is 0.0658. The molecule has 0 bridgehead atoms. The lowest BCUT2D eigenvalue weighted by molar-refractivity contribution is 0.102. The van der Waals surface area contributed by atoms with Crippen LogP contribution in [0.3, 0.4) is 0 Å². The summed E-state index contributed by atoms with van der Waals surface area (Å²) in [7, 11) is -0.714. The van der Waals surface area contributed by atoms with Crippen LogP contribution in [-0.2, 0) is 10.0 Å². The molecule has 28 heavy (non-hydrogen) atoms. The van der Waals surface area contributed by atoms with Gasteiger partial charge in [-0.15, -0.1) is 11.3 Å². The lowest BCUT2D eigenvalue weighted by Crippen LogP contribution is -2.22. The van der Waals surface area contributed by atoms with Crippen molar-refractivity contribution in [2.45, 2.75) is 11.8 Å². The van der Waals surface area contributed by atoms with Gasteiger partial charge in [-0.25, -0.2) is 17.7 Å². The number of amides is 1. The predicted molar refractivity (Wildman–Crippen MR) is 115 cm³/mol. The molecule has 3 aromatic rings. The van der Waals surface area contributed by atoms with E-state index in [4.69, 9.17) is 0 Å². The van der Waals surface area contributed by atoms with Crippen LogP contribution in [0.4, 0.5) is 5.13 Å². The molecule has 1 N–H and O–H groups in total. The molecule has 0 aliphatic carbocycles. The molecule has 0 radical (unpaired) electrons. The second-order valence-corrected chi connectivity index (χ2v) is 10.5. The highest BCUT2D eigenvalue weighted by Gasteiger charge is 2.19. The SMILES string of the molecule is Cc1sc(NC(=O)c2cccc(S(=O)(=O)N(C)C)c2)nc1-c1ccc(Br)cc1. The van der Waals surface area contributed by atoms with E-state index in [2.05, 4.69) is 26.2 Å². The van der Waals surface area contributed by atoms with E-state index in [9.17, 15) is 13.2 Å². The number of halogens is 1. The van der Waals surface area contributed by atoms with Gasteiger partial charge in [-0.2, -0.15) is 0 Å². The quantitative estimate of drug-likeness (QED) is 0.588. The van der Waals surface area contributed by atoms with E-state index in [1.807, 2.05) is 31.2 Å². The number of thiazole rings is 1. The topological polar surface area (TPSA) is 79.4 Å². The van der Waals surface area contributed by atoms with Crippen LogP contribution >= 0.6 is 27.3 Å². The monoisotopic (exact) mass is 479 g/mol. The third-order valence-electron chi connectivity index (χ3n) is 4.01. The largest absolute Gasteiger partial charge is 0.298 e. The maximum Gasteiger partial charge on any atom is 0.257 e. The Morgan fingerprint density at radius 1 is 1.14 bits per heavy atom. The highest BCUT2D eigenvalue weighted by atomic mass is 79.9. The van der Waals surface area contributed by atoms with Crippen LogP contribution in [0.5, 0.6) is 0 Å². The summed E-state index contributed by atoms with van der Waals surface area (Å²) in [6, 6.07) is 13.7. The molecule has 0 saturated heterocycles. The molecule has 3 rings (SSSR count). The van der Waals surface area contributed by atoms with Crippen LogP contribution in [-0.4, -0.2) is 37.7 Å². The van der Waals surface area contributed by atoms with Crippen molar-refractivity contribution in [3.05, 3.63) is 63.4 Å². The zero-order valence-electron chi connectivity index (χ0n) is 15.4. The number of benzene rings is 2. The second kappa shape index (κ2) is 8.12. The molecule has 0 saturated carbocycles. The van der Waals surface area contributed by atoms with Crippen LogP contribution in [0.15, 0.2) is 57.9 Å². The van der Waals surface area contributed by atoms with E-state index in [0.29, 0.717) is 5.13 Å². The fourth-order valence-electron chi connectivity index (χ4n) is 2.50. The zero-order chi connectivity index (χ0) is 20.5. The fourth-order valence-corrected chi connectivity index (χ4v) is 4.55. The number of aryl methyl sites for hydroxylation is 1. The van der Waals surface area contributed by atoms with Gasteiger partial charge in [0.1, 0.15) is 0 Å². The number of rotatable bonds is 5. The first kappa shape index (κ1) is 20.7. The summed E-state index contributed by atoms with van der Waals surface area (Å²) in [6.07, 6.45) is 0. The van der Waals surface area contributed by atoms with Crippen molar-refractivity contribution in [3.8, 4) is 11.3 Å². The van der Waals surface area contributed by atoms with E-state index in [1.165, 1.54) is 37.6 Å². The first-order valence-corrected chi connectivity index (χ1v) is 11.3. The molecule has 0 spiro atoms. The van der Waals surface area contributed by atoms with Crippen molar-refractivity contribution in [1.29, 1.82) is 0 Å². The van der Waals surface area contributed by atoms with Gasteiger partial charge in [-0.3, -0.25) is 10.1 Å². The number of nitrogens with one attached hydrogen (secondary N) is 1. The van der Waals surface area contributed by atoms with Gasteiger partial charge in [0, 0.05) is 34.6 Å². The van der Waals surface area contributed by atoms with E-state index < -0.39 is 15.9 Å². The van der Waals surface area contributed by atoms with E-state index in [0.717, 1.165) is 24.9 Å². The Morgan fingerprint density at radius 3 is 2.46 bits per heavy atom. The smallest absolute Gasteiger partial charge is 0.257 e. The van der Waals surface area contributed by atoms with Crippen LogP contribution in [0.25, 0.3) is 11.3 Å². The zero-order valence-corrected chi connectivity index (χ0v) is 18.7. The molecule has 1 heterocycles. The molecule has 6 nitrogen and oxygen atoms in total. The molecule has 0 atom stereocenters. The summed E-state index contributed by atoms with van der Waals surface area (Å²) in [5.41, 5.74) is 2.01. The number of carbonyl (C=O) groups is 1. The van der Waals surface area contributed by atoms with Crippen molar-refractivity contribution < 1.29 is 13.2 Å². The average molecular weight is 480 g/mol. The Morgan fingerprint density at radius 2 is 1.82 bits per heavy atom. The second-order valence-electron chi connectivity index (χ2n) is 6.20. The van der Waals surface area contributed by atoms with Gasteiger partial charge in [-0.05, 0) is 37.3 Å². The minimum Gasteiger partial charge on any atom is -0.298 e. The summed E-state index contributed by atoms with van der Waals surface area (Å²) in [6.45, 7) is 1.94. The third-order valence-corrected chi connectivity index (χ3v) is 7.24. The van der Waals surface area contributed by atoms with Gasteiger partial charge in [-0.1, -0.05) is 34.1 Å². The molecule has 0 aliphatic heterocycles. The molecule has 9 heteroatoms. The van der Waals surface area contributed by atoms with Gasteiger partial charge in [0.25, 0.3) is 5.91 Å². The summed E-state index contributed by atoms with van der Waals surface area (Å²) in [4.78, 5) is 18.2. The van der Waals surface area contributed by atoms with Crippen molar-refractivity contribution in [3.63, 3.8) is 0 Å². The molecule has 146 valence electrons.